The standard InChI is InChI=1S/C26H25F3N2O7S/c1-4-38-25(33)20-10-5-6-11-21(20)30-24(32)16-31(18-9-7-8-17(14-18)26(27,28)29)39(34,35)19-12-13-22(36-2)23(15-19)37-3/h5-15H,4,16H2,1-3H3,(H,30,32). The molecule has 9 nitrogen and oxygen atoms in total. The molecular weight excluding hydrogens is 541 g/mol. The second-order valence-electron chi connectivity index (χ2n) is 7.89. The Kier molecular flexibility index (Phi) is 9.07. The van der Waals surface area contributed by atoms with E-state index in [2.05, 4.69) is 5.32 Å². The van der Waals surface area contributed by atoms with Gasteiger partial charge in [0.05, 0.1) is 48.2 Å². The summed E-state index contributed by atoms with van der Waals surface area (Å²) in [6.07, 6.45) is -4.77. The number of esters is 1. The molecule has 0 radical (unpaired) electrons. The van der Waals surface area contributed by atoms with Crippen molar-refractivity contribution >= 4 is 33.3 Å². The van der Waals surface area contributed by atoms with Crippen molar-refractivity contribution in [1.29, 1.82) is 0 Å². The fourth-order valence-electron chi connectivity index (χ4n) is 3.56. The molecular formula is C26H25F3N2O7S. The Balaban J connectivity index is 2.06. The maximum absolute atomic E-state index is 13.7. The zero-order chi connectivity index (χ0) is 28.8. The van der Waals surface area contributed by atoms with E-state index in [9.17, 15) is 31.2 Å². The number of para-hydroxylation sites is 1. The number of rotatable bonds is 10. The van der Waals surface area contributed by atoms with E-state index in [4.69, 9.17) is 14.2 Å². The predicted octanol–water partition coefficient (Wildman–Crippen LogP) is 4.73. The molecule has 0 atom stereocenters. The average Bonchev–Trinajstić information content (AvgIpc) is 2.91. The minimum atomic E-state index is -4.77. The van der Waals surface area contributed by atoms with Gasteiger partial charge in [-0.25, -0.2) is 13.2 Å². The number of anilines is 2. The SMILES string of the molecule is CCOC(=O)c1ccccc1NC(=O)CN(c1cccc(C(F)(F)F)c1)S(=O)(=O)c1ccc(OC)c(OC)c1. The largest absolute Gasteiger partial charge is 0.493 e. The molecule has 0 heterocycles. The second-order valence-corrected chi connectivity index (χ2v) is 9.75. The number of hydrogen-bond acceptors (Lipinski definition) is 7. The summed E-state index contributed by atoms with van der Waals surface area (Å²) >= 11 is 0. The summed E-state index contributed by atoms with van der Waals surface area (Å²) in [5.41, 5.74) is -1.47. The molecule has 0 saturated heterocycles. The predicted molar refractivity (Wildman–Crippen MR) is 137 cm³/mol. The van der Waals surface area contributed by atoms with E-state index in [1.165, 1.54) is 44.6 Å². The number of carbonyl (C=O) groups is 2. The zero-order valence-electron chi connectivity index (χ0n) is 21.1. The Bertz CT molecular complexity index is 1460. The lowest BCUT2D eigenvalue weighted by atomic mass is 10.1. The summed E-state index contributed by atoms with van der Waals surface area (Å²) in [4.78, 5) is 25.0. The Labute approximate surface area is 223 Å². The van der Waals surface area contributed by atoms with Crippen molar-refractivity contribution < 1.29 is 45.4 Å². The molecule has 3 aromatic carbocycles. The van der Waals surface area contributed by atoms with Gasteiger partial charge in [-0.3, -0.25) is 9.10 Å². The first kappa shape index (κ1) is 29.3. The molecule has 13 heteroatoms. The number of sulfonamides is 1. The molecule has 3 rings (SSSR count). The molecule has 39 heavy (non-hydrogen) atoms. The molecule has 3 aromatic rings. The summed E-state index contributed by atoms with van der Waals surface area (Å²) in [5, 5.41) is 2.45. The van der Waals surface area contributed by atoms with Crippen molar-refractivity contribution in [2.45, 2.75) is 18.0 Å². The summed E-state index contributed by atoms with van der Waals surface area (Å²) < 4.78 is 83.5. The minimum Gasteiger partial charge on any atom is -0.493 e. The van der Waals surface area contributed by atoms with E-state index in [0.717, 1.165) is 24.3 Å². The van der Waals surface area contributed by atoms with E-state index in [0.29, 0.717) is 10.4 Å². The monoisotopic (exact) mass is 566 g/mol. The Morgan fingerprint density at radius 1 is 0.923 bits per heavy atom. The number of alkyl halides is 3. The molecule has 0 fully saturated rings. The van der Waals surface area contributed by atoms with Crippen LogP contribution in [0.4, 0.5) is 24.5 Å². The van der Waals surface area contributed by atoms with Gasteiger partial charge in [0.25, 0.3) is 10.0 Å². The highest BCUT2D eigenvalue weighted by atomic mass is 32.2. The number of carbonyl (C=O) groups excluding carboxylic acids is 2. The first-order valence-corrected chi connectivity index (χ1v) is 12.8. The maximum Gasteiger partial charge on any atom is 0.416 e. The molecule has 0 aliphatic rings. The topological polar surface area (TPSA) is 111 Å². The van der Waals surface area contributed by atoms with Gasteiger partial charge in [-0.2, -0.15) is 13.2 Å². The first-order valence-electron chi connectivity index (χ1n) is 11.4. The summed E-state index contributed by atoms with van der Waals surface area (Å²) in [6, 6.07) is 13.1. The van der Waals surface area contributed by atoms with Gasteiger partial charge in [0.2, 0.25) is 5.91 Å². The number of methoxy groups -OCH3 is 2. The molecule has 0 saturated carbocycles. The van der Waals surface area contributed by atoms with Gasteiger partial charge in [-0.15, -0.1) is 0 Å². The van der Waals surface area contributed by atoms with Crippen LogP contribution >= 0.6 is 0 Å². The van der Waals surface area contributed by atoms with E-state index in [1.807, 2.05) is 0 Å². The number of halogens is 3. The van der Waals surface area contributed by atoms with Gasteiger partial charge >= 0.3 is 12.1 Å². The van der Waals surface area contributed by atoms with Crippen LogP contribution in [-0.2, 0) is 25.7 Å². The number of nitrogens with zero attached hydrogens (tertiary/aromatic N) is 1. The van der Waals surface area contributed by atoms with Crippen LogP contribution in [0.3, 0.4) is 0 Å². The lowest BCUT2D eigenvalue weighted by molar-refractivity contribution is -0.137. The van der Waals surface area contributed by atoms with Gasteiger partial charge in [0.15, 0.2) is 11.5 Å². The Morgan fingerprint density at radius 2 is 1.62 bits per heavy atom. The molecule has 0 spiro atoms. The smallest absolute Gasteiger partial charge is 0.416 e. The van der Waals surface area contributed by atoms with Gasteiger partial charge in [-0.1, -0.05) is 18.2 Å². The van der Waals surface area contributed by atoms with Gasteiger partial charge in [0, 0.05) is 6.07 Å². The van der Waals surface area contributed by atoms with Crippen LogP contribution in [0.1, 0.15) is 22.8 Å². The van der Waals surface area contributed by atoms with E-state index in [1.54, 1.807) is 13.0 Å². The van der Waals surface area contributed by atoms with Crippen molar-refractivity contribution in [3.05, 3.63) is 77.9 Å². The minimum absolute atomic E-state index is 0.0149. The van der Waals surface area contributed by atoms with Crippen LogP contribution in [0.2, 0.25) is 0 Å². The van der Waals surface area contributed by atoms with Crippen LogP contribution in [-0.4, -0.2) is 47.7 Å². The van der Waals surface area contributed by atoms with Crippen molar-refractivity contribution in [2.75, 3.05) is 37.0 Å². The summed E-state index contributed by atoms with van der Waals surface area (Å²) in [6.45, 7) is 0.758. The van der Waals surface area contributed by atoms with Gasteiger partial charge in [0.1, 0.15) is 6.54 Å². The normalized spacial score (nSPS) is 11.4. The molecule has 208 valence electrons. The van der Waals surface area contributed by atoms with E-state index < -0.39 is 45.9 Å². The first-order chi connectivity index (χ1) is 18.4. The number of benzene rings is 3. The molecule has 0 aromatic heterocycles. The third kappa shape index (κ3) is 6.79. The fourth-order valence-corrected chi connectivity index (χ4v) is 4.98. The Morgan fingerprint density at radius 3 is 2.26 bits per heavy atom. The molecule has 1 N–H and O–H groups in total. The van der Waals surface area contributed by atoms with E-state index >= 15 is 0 Å². The number of hydrogen-bond donors (Lipinski definition) is 1. The maximum atomic E-state index is 13.7. The fraction of sp³-hybridized carbons (Fsp3) is 0.231. The summed E-state index contributed by atoms with van der Waals surface area (Å²) in [5.74, 6) is -1.37. The molecule has 1 amide bonds. The molecule has 0 unspecified atom stereocenters. The van der Waals surface area contributed by atoms with Gasteiger partial charge in [-0.05, 0) is 49.4 Å². The van der Waals surface area contributed by atoms with Gasteiger partial charge < -0.3 is 19.5 Å². The molecule has 0 bridgehead atoms. The highest BCUT2D eigenvalue weighted by Crippen LogP contribution is 2.35. The van der Waals surface area contributed by atoms with Crippen molar-refractivity contribution in [2.24, 2.45) is 0 Å². The van der Waals surface area contributed by atoms with Crippen LogP contribution in [0, 0.1) is 0 Å². The molecule has 0 aliphatic heterocycles. The lowest BCUT2D eigenvalue weighted by Gasteiger charge is -2.25. The van der Waals surface area contributed by atoms with Crippen LogP contribution in [0.25, 0.3) is 0 Å². The summed E-state index contributed by atoms with van der Waals surface area (Å²) in [7, 11) is -1.99. The van der Waals surface area contributed by atoms with Crippen LogP contribution in [0.5, 0.6) is 11.5 Å². The number of amides is 1. The highest BCUT2D eigenvalue weighted by Gasteiger charge is 2.34. The van der Waals surface area contributed by atoms with Crippen molar-refractivity contribution in [1.82, 2.24) is 0 Å². The lowest BCUT2D eigenvalue weighted by Crippen LogP contribution is -2.38. The quantitative estimate of drug-likeness (QED) is 0.353. The highest BCUT2D eigenvalue weighted by molar-refractivity contribution is 7.92. The zero-order valence-corrected chi connectivity index (χ0v) is 21.9. The van der Waals surface area contributed by atoms with Crippen molar-refractivity contribution in [3.8, 4) is 11.5 Å². The molecule has 0 aliphatic carbocycles. The third-order valence-electron chi connectivity index (χ3n) is 5.39. The number of ether oxygens (including phenoxy) is 3. The number of nitrogens with one attached hydrogen (secondary N) is 1. The third-order valence-corrected chi connectivity index (χ3v) is 7.16. The Hall–Kier alpha value is -4.26. The average molecular weight is 567 g/mol. The van der Waals surface area contributed by atoms with Crippen molar-refractivity contribution in [3.63, 3.8) is 0 Å². The van der Waals surface area contributed by atoms with Crippen LogP contribution in [0.15, 0.2) is 71.6 Å². The van der Waals surface area contributed by atoms with Crippen LogP contribution < -0.4 is 19.1 Å². The second kappa shape index (κ2) is 12.1. The van der Waals surface area contributed by atoms with E-state index in [-0.39, 0.29) is 34.3 Å².